The highest BCUT2D eigenvalue weighted by Gasteiger charge is 2.48. The number of carbonyl (C=O) groups is 2. The van der Waals surface area contributed by atoms with E-state index in [9.17, 15) is 24.2 Å². The van der Waals surface area contributed by atoms with E-state index in [0.29, 0.717) is 11.3 Å². The van der Waals surface area contributed by atoms with E-state index < -0.39 is 29.3 Å². The van der Waals surface area contributed by atoms with Crippen molar-refractivity contribution in [3.8, 4) is 11.5 Å². The maximum Gasteiger partial charge on any atom is 0.301 e. The summed E-state index contributed by atoms with van der Waals surface area (Å²) in [5, 5.41) is 24.7. The summed E-state index contributed by atoms with van der Waals surface area (Å²) in [6.45, 7) is 1.63. The molecular weight excluding hydrogens is 407 g/mol. The third kappa shape index (κ3) is 3.39. The number of ketones is 1. The molecule has 1 atom stereocenters. The first kappa shape index (κ1) is 20.1. The molecule has 1 aliphatic heterocycles. The zero-order chi connectivity index (χ0) is 22.3. The number of carbonyl (C=O) groups excluding carboxylic acids is 2. The average molecular weight is 424 g/mol. The van der Waals surface area contributed by atoms with Gasteiger partial charge >= 0.3 is 5.91 Å². The summed E-state index contributed by atoms with van der Waals surface area (Å²) in [6.07, 6.45) is 0. The largest absolute Gasteiger partial charge is 0.507 e. The Morgan fingerprint density at radius 1 is 1.16 bits per heavy atom. The molecular formula is C22H17FN2O6. The van der Waals surface area contributed by atoms with Crippen molar-refractivity contribution in [2.24, 2.45) is 0 Å². The van der Waals surface area contributed by atoms with Gasteiger partial charge in [-0.25, -0.2) is 4.39 Å². The fourth-order valence-electron chi connectivity index (χ4n) is 3.48. The Hall–Kier alpha value is -4.14. The number of ether oxygens (including phenoxy) is 1. The molecule has 2 N–H and O–H groups in total. The number of amides is 1. The van der Waals surface area contributed by atoms with Crippen LogP contribution in [0, 0.1) is 12.7 Å². The van der Waals surface area contributed by atoms with E-state index in [1.807, 2.05) is 0 Å². The lowest BCUT2D eigenvalue weighted by atomic mass is 9.95. The summed E-state index contributed by atoms with van der Waals surface area (Å²) in [5.74, 6) is -2.39. The number of aliphatic hydroxyl groups is 1. The van der Waals surface area contributed by atoms with Crippen LogP contribution in [0.2, 0.25) is 0 Å². The SMILES string of the molecule is COc1cc(C2/C(=C(\O)c3ccc(F)cc3)C(=O)C(=O)N2c2cc(C)on2)ccc1O. The van der Waals surface area contributed by atoms with Crippen molar-refractivity contribution in [1.82, 2.24) is 5.16 Å². The molecule has 1 aliphatic rings. The minimum absolute atomic E-state index is 0.0785. The van der Waals surface area contributed by atoms with E-state index in [4.69, 9.17) is 9.26 Å². The number of nitrogens with zero attached hydrogens (tertiary/aromatic N) is 2. The summed E-state index contributed by atoms with van der Waals surface area (Å²) in [7, 11) is 1.36. The molecule has 1 saturated heterocycles. The molecule has 1 fully saturated rings. The van der Waals surface area contributed by atoms with E-state index in [1.54, 1.807) is 6.92 Å². The van der Waals surface area contributed by atoms with Crippen molar-refractivity contribution in [3.63, 3.8) is 0 Å². The highest BCUT2D eigenvalue weighted by Crippen LogP contribution is 2.43. The Balaban J connectivity index is 1.96. The van der Waals surface area contributed by atoms with Crippen molar-refractivity contribution < 1.29 is 33.5 Å². The maximum atomic E-state index is 13.3. The van der Waals surface area contributed by atoms with Gasteiger partial charge in [-0.05, 0) is 48.9 Å². The van der Waals surface area contributed by atoms with Gasteiger partial charge in [0.1, 0.15) is 17.3 Å². The Morgan fingerprint density at radius 2 is 1.87 bits per heavy atom. The fraction of sp³-hybridized carbons (Fsp3) is 0.136. The predicted molar refractivity (Wildman–Crippen MR) is 107 cm³/mol. The number of methoxy groups -OCH3 is 1. The molecule has 31 heavy (non-hydrogen) atoms. The lowest BCUT2D eigenvalue weighted by molar-refractivity contribution is -0.132. The molecule has 2 heterocycles. The summed E-state index contributed by atoms with van der Waals surface area (Å²) < 4.78 is 23.5. The minimum atomic E-state index is -1.09. The highest BCUT2D eigenvalue weighted by atomic mass is 19.1. The van der Waals surface area contributed by atoms with Crippen molar-refractivity contribution in [1.29, 1.82) is 0 Å². The smallest absolute Gasteiger partial charge is 0.301 e. The predicted octanol–water partition coefficient (Wildman–Crippen LogP) is 3.46. The lowest BCUT2D eigenvalue weighted by Gasteiger charge is -2.23. The Kier molecular flexibility index (Phi) is 4.94. The van der Waals surface area contributed by atoms with Crippen LogP contribution in [0.4, 0.5) is 10.2 Å². The molecule has 0 bridgehead atoms. The number of aryl methyl sites for hydroxylation is 1. The Morgan fingerprint density at radius 3 is 2.48 bits per heavy atom. The van der Waals surface area contributed by atoms with Crippen molar-refractivity contribution in [2.45, 2.75) is 13.0 Å². The lowest BCUT2D eigenvalue weighted by Crippen LogP contribution is -2.29. The van der Waals surface area contributed by atoms with Crippen LogP contribution >= 0.6 is 0 Å². The third-order valence-corrected chi connectivity index (χ3v) is 4.94. The van der Waals surface area contributed by atoms with Gasteiger partial charge in [-0.3, -0.25) is 14.5 Å². The van der Waals surface area contributed by atoms with Crippen LogP contribution < -0.4 is 9.64 Å². The molecule has 1 amide bonds. The number of rotatable bonds is 4. The van der Waals surface area contributed by atoms with Crippen molar-refractivity contribution >= 4 is 23.3 Å². The molecule has 158 valence electrons. The first-order chi connectivity index (χ1) is 14.8. The molecule has 4 rings (SSSR count). The van der Waals surface area contributed by atoms with Gasteiger partial charge in [-0.15, -0.1) is 0 Å². The number of Topliss-reactive ketones (excluding diaryl/α,β-unsaturated/α-hetero) is 1. The van der Waals surface area contributed by atoms with Gasteiger partial charge in [0.05, 0.1) is 18.7 Å². The van der Waals surface area contributed by atoms with Crippen molar-refractivity contribution in [3.05, 3.63) is 76.8 Å². The number of hydrogen-bond acceptors (Lipinski definition) is 7. The number of phenolic OH excluding ortho intramolecular Hbond substituents is 1. The van der Waals surface area contributed by atoms with Gasteiger partial charge in [0.2, 0.25) is 0 Å². The van der Waals surface area contributed by atoms with Gasteiger partial charge in [0, 0.05) is 11.6 Å². The molecule has 0 saturated carbocycles. The number of halogens is 1. The number of benzene rings is 2. The quantitative estimate of drug-likeness (QED) is 0.375. The molecule has 0 spiro atoms. The summed E-state index contributed by atoms with van der Waals surface area (Å²) in [4.78, 5) is 27.0. The van der Waals surface area contributed by atoms with Crippen LogP contribution in [0.15, 0.2) is 58.6 Å². The molecule has 0 aliphatic carbocycles. The number of phenols is 1. The molecule has 1 aromatic heterocycles. The maximum absolute atomic E-state index is 13.3. The zero-order valence-corrected chi connectivity index (χ0v) is 16.5. The third-order valence-electron chi connectivity index (χ3n) is 4.94. The van der Waals surface area contributed by atoms with Crippen LogP contribution in [-0.4, -0.2) is 34.2 Å². The fourth-order valence-corrected chi connectivity index (χ4v) is 3.48. The van der Waals surface area contributed by atoms with E-state index in [-0.39, 0.29) is 28.5 Å². The number of anilines is 1. The number of hydrogen-bond donors (Lipinski definition) is 2. The van der Waals surface area contributed by atoms with Crippen LogP contribution in [0.3, 0.4) is 0 Å². The van der Waals surface area contributed by atoms with Crippen molar-refractivity contribution in [2.75, 3.05) is 12.0 Å². The van der Waals surface area contributed by atoms with Gasteiger partial charge in [-0.1, -0.05) is 11.2 Å². The molecule has 1 unspecified atom stereocenters. The van der Waals surface area contributed by atoms with Gasteiger partial charge in [-0.2, -0.15) is 0 Å². The summed E-state index contributed by atoms with van der Waals surface area (Å²) >= 11 is 0. The van der Waals surface area contributed by atoms with Crippen LogP contribution in [-0.2, 0) is 9.59 Å². The Bertz CT molecular complexity index is 1210. The topological polar surface area (TPSA) is 113 Å². The van der Waals surface area contributed by atoms with Gasteiger partial charge in [0.15, 0.2) is 17.3 Å². The molecule has 0 radical (unpaired) electrons. The van der Waals surface area contributed by atoms with E-state index in [1.165, 1.54) is 43.5 Å². The molecule has 3 aromatic rings. The first-order valence-electron chi connectivity index (χ1n) is 9.19. The standard InChI is InChI=1S/C22H17FN2O6/c1-11-9-17(24-31-11)25-19(13-5-8-15(26)16(10-13)30-2)18(21(28)22(25)29)20(27)12-3-6-14(23)7-4-12/h3-10,19,26-27H,1-2H3/b20-18+. The zero-order valence-electron chi connectivity index (χ0n) is 16.5. The number of aliphatic hydroxyl groups excluding tert-OH is 1. The minimum Gasteiger partial charge on any atom is -0.507 e. The highest BCUT2D eigenvalue weighted by molar-refractivity contribution is 6.51. The van der Waals surface area contributed by atoms with Crippen LogP contribution in [0.1, 0.15) is 22.9 Å². The summed E-state index contributed by atoms with van der Waals surface area (Å²) in [6, 6.07) is 9.53. The number of aromatic nitrogens is 1. The van der Waals surface area contributed by atoms with Gasteiger partial charge < -0.3 is 19.5 Å². The number of aromatic hydroxyl groups is 1. The summed E-state index contributed by atoms with van der Waals surface area (Å²) in [5.41, 5.74) is 0.314. The normalized spacial score (nSPS) is 17.9. The van der Waals surface area contributed by atoms with E-state index >= 15 is 0 Å². The van der Waals surface area contributed by atoms with Crippen LogP contribution in [0.5, 0.6) is 11.5 Å². The van der Waals surface area contributed by atoms with E-state index in [0.717, 1.165) is 17.0 Å². The van der Waals surface area contributed by atoms with Gasteiger partial charge in [0.25, 0.3) is 5.78 Å². The second-order valence-electron chi connectivity index (χ2n) is 6.90. The van der Waals surface area contributed by atoms with E-state index in [2.05, 4.69) is 5.16 Å². The average Bonchev–Trinajstić information content (AvgIpc) is 3.29. The first-order valence-corrected chi connectivity index (χ1v) is 9.19. The second-order valence-corrected chi connectivity index (χ2v) is 6.90. The van der Waals surface area contributed by atoms with Crippen LogP contribution in [0.25, 0.3) is 5.76 Å². The molecule has 2 aromatic carbocycles. The molecule has 9 heteroatoms. The monoisotopic (exact) mass is 424 g/mol. The Labute approximate surface area is 175 Å². The molecule has 8 nitrogen and oxygen atoms in total. The second kappa shape index (κ2) is 7.60.